The van der Waals surface area contributed by atoms with Crippen LogP contribution in [-0.2, 0) is 4.79 Å². The molecule has 0 saturated heterocycles. The number of carbonyl (C=O) groups is 1. The first-order valence-electron chi connectivity index (χ1n) is 7.18. The molecule has 0 spiro atoms. The molecule has 0 aliphatic heterocycles. The van der Waals surface area contributed by atoms with Gasteiger partial charge >= 0.3 is 0 Å². The molecular formula is C14H29N3O. The van der Waals surface area contributed by atoms with Gasteiger partial charge in [0.2, 0.25) is 5.91 Å². The summed E-state index contributed by atoms with van der Waals surface area (Å²) in [5.41, 5.74) is 5.96. The minimum Gasteiger partial charge on any atom is -0.352 e. The van der Waals surface area contributed by atoms with Crippen molar-refractivity contribution in [3.63, 3.8) is 0 Å². The van der Waals surface area contributed by atoms with Crippen LogP contribution >= 0.6 is 0 Å². The fraction of sp³-hybridized carbons (Fsp3) is 0.929. The van der Waals surface area contributed by atoms with Gasteiger partial charge in [0.15, 0.2) is 0 Å². The fourth-order valence-corrected chi connectivity index (χ4v) is 2.57. The Hall–Kier alpha value is -0.610. The second-order valence-electron chi connectivity index (χ2n) is 5.90. The van der Waals surface area contributed by atoms with Crippen molar-refractivity contribution in [1.82, 2.24) is 10.2 Å². The smallest absolute Gasteiger partial charge is 0.237 e. The Kier molecular flexibility index (Phi) is 6.09. The van der Waals surface area contributed by atoms with E-state index in [-0.39, 0.29) is 17.9 Å². The normalized spacial score (nSPS) is 27.9. The molecule has 4 nitrogen and oxygen atoms in total. The highest BCUT2D eigenvalue weighted by atomic mass is 16.2. The molecule has 1 amide bonds. The van der Waals surface area contributed by atoms with E-state index in [1.54, 1.807) is 0 Å². The van der Waals surface area contributed by atoms with Crippen molar-refractivity contribution >= 4 is 5.91 Å². The molecule has 3 N–H and O–H groups in total. The number of nitrogens with two attached hydrogens (primary N) is 1. The summed E-state index contributed by atoms with van der Waals surface area (Å²) in [6.45, 7) is 4.11. The number of nitrogens with zero attached hydrogens (tertiary/aromatic N) is 1. The molecule has 106 valence electrons. The molecule has 4 atom stereocenters. The van der Waals surface area contributed by atoms with Gasteiger partial charge in [0.1, 0.15) is 0 Å². The van der Waals surface area contributed by atoms with Gasteiger partial charge in [-0.05, 0) is 45.7 Å². The van der Waals surface area contributed by atoms with Gasteiger partial charge in [0, 0.05) is 12.1 Å². The molecule has 0 aromatic heterocycles. The standard InChI is InChI=1S/C14H29N3O/c1-5-10(2)13(15)14(18)16-11-7-6-8-12(9-11)17(3)4/h10-13H,5-9,15H2,1-4H3,(H,16,18). The van der Waals surface area contributed by atoms with Crippen LogP contribution in [0.2, 0.25) is 0 Å². The number of carbonyl (C=O) groups excluding carboxylic acids is 1. The van der Waals surface area contributed by atoms with E-state index in [1.807, 2.05) is 6.92 Å². The van der Waals surface area contributed by atoms with Gasteiger partial charge in [0.25, 0.3) is 0 Å². The second-order valence-corrected chi connectivity index (χ2v) is 5.90. The van der Waals surface area contributed by atoms with Gasteiger partial charge in [-0.2, -0.15) is 0 Å². The van der Waals surface area contributed by atoms with Gasteiger partial charge in [-0.3, -0.25) is 4.79 Å². The Labute approximate surface area is 111 Å². The van der Waals surface area contributed by atoms with Crippen LogP contribution in [0.15, 0.2) is 0 Å². The van der Waals surface area contributed by atoms with Crippen LogP contribution in [0.3, 0.4) is 0 Å². The van der Waals surface area contributed by atoms with E-state index in [1.165, 1.54) is 12.8 Å². The maximum Gasteiger partial charge on any atom is 0.237 e. The van der Waals surface area contributed by atoms with Crippen molar-refractivity contribution in [1.29, 1.82) is 0 Å². The lowest BCUT2D eigenvalue weighted by Crippen LogP contribution is -2.50. The first kappa shape index (κ1) is 15.4. The Morgan fingerprint density at radius 1 is 1.44 bits per heavy atom. The first-order chi connectivity index (χ1) is 8.45. The zero-order valence-corrected chi connectivity index (χ0v) is 12.3. The lowest BCUT2D eigenvalue weighted by Gasteiger charge is -2.34. The maximum absolute atomic E-state index is 12.0. The minimum absolute atomic E-state index is 0.0220. The molecule has 1 rings (SSSR count). The van der Waals surface area contributed by atoms with E-state index in [0.29, 0.717) is 12.1 Å². The average molecular weight is 255 g/mol. The van der Waals surface area contributed by atoms with Crippen molar-refractivity contribution in [2.24, 2.45) is 11.7 Å². The van der Waals surface area contributed by atoms with Crippen LogP contribution < -0.4 is 11.1 Å². The Morgan fingerprint density at radius 3 is 2.67 bits per heavy atom. The molecule has 1 fully saturated rings. The zero-order chi connectivity index (χ0) is 13.7. The van der Waals surface area contributed by atoms with Crippen LogP contribution in [0, 0.1) is 5.92 Å². The monoisotopic (exact) mass is 255 g/mol. The SMILES string of the molecule is CCC(C)C(N)C(=O)NC1CCCC(N(C)C)C1. The minimum atomic E-state index is -0.366. The van der Waals surface area contributed by atoms with Crippen LogP contribution in [0.25, 0.3) is 0 Å². The summed E-state index contributed by atoms with van der Waals surface area (Å²) in [5, 5.41) is 3.13. The third kappa shape index (κ3) is 4.25. The summed E-state index contributed by atoms with van der Waals surface area (Å²) < 4.78 is 0. The molecule has 0 bridgehead atoms. The molecular weight excluding hydrogens is 226 g/mol. The van der Waals surface area contributed by atoms with Crippen molar-refractivity contribution in [2.75, 3.05) is 14.1 Å². The third-order valence-corrected chi connectivity index (χ3v) is 4.28. The van der Waals surface area contributed by atoms with Crippen molar-refractivity contribution < 1.29 is 4.79 Å². The van der Waals surface area contributed by atoms with Crippen LogP contribution in [0.1, 0.15) is 46.0 Å². The molecule has 1 aliphatic carbocycles. The van der Waals surface area contributed by atoms with E-state index < -0.39 is 0 Å². The maximum atomic E-state index is 12.0. The number of amides is 1. The topological polar surface area (TPSA) is 58.4 Å². The summed E-state index contributed by atoms with van der Waals surface area (Å²) in [6, 6.07) is 0.521. The van der Waals surface area contributed by atoms with E-state index in [9.17, 15) is 4.79 Å². The van der Waals surface area contributed by atoms with Gasteiger partial charge in [-0.1, -0.05) is 20.3 Å². The molecule has 1 aliphatic rings. The Bertz CT molecular complexity index is 268. The molecule has 4 unspecified atom stereocenters. The van der Waals surface area contributed by atoms with E-state index in [0.717, 1.165) is 19.3 Å². The van der Waals surface area contributed by atoms with Gasteiger partial charge < -0.3 is 16.0 Å². The Morgan fingerprint density at radius 2 is 2.11 bits per heavy atom. The predicted octanol–water partition coefficient (Wildman–Crippen LogP) is 1.35. The average Bonchev–Trinajstić information content (AvgIpc) is 2.37. The number of hydrogen-bond donors (Lipinski definition) is 2. The van der Waals surface area contributed by atoms with E-state index >= 15 is 0 Å². The Balaban J connectivity index is 2.44. The molecule has 0 heterocycles. The molecule has 1 saturated carbocycles. The summed E-state index contributed by atoms with van der Waals surface area (Å²) in [5.74, 6) is 0.270. The highest BCUT2D eigenvalue weighted by molar-refractivity contribution is 5.82. The molecule has 4 heteroatoms. The molecule has 18 heavy (non-hydrogen) atoms. The van der Waals surface area contributed by atoms with Crippen LogP contribution in [0.5, 0.6) is 0 Å². The zero-order valence-electron chi connectivity index (χ0n) is 12.3. The summed E-state index contributed by atoms with van der Waals surface area (Å²) in [6.07, 6.45) is 5.50. The predicted molar refractivity (Wildman–Crippen MR) is 75.3 cm³/mol. The number of nitrogens with one attached hydrogen (secondary N) is 1. The summed E-state index contributed by atoms with van der Waals surface area (Å²) in [4.78, 5) is 14.3. The van der Waals surface area contributed by atoms with Gasteiger partial charge in [-0.25, -0.2) is 0 Å². The van der Waals surface area contributed by atoms with E-state index in [2.05, 4.69) is 31.2 Å². The summed E-state index contributed by atoms with van der Waals surface area (Å²) >= 11 is 0. The highest BCUT2D eigenvalue weighted by Gasteiger charge is 2.27. The van der Waals surface area contributed by atoms with Gasteiger partial charge in [0.05, 0.1) is 6.04 Å². The summed E-state index contributed by atoms with van der Waals surface area (Å²) in [7, 11) is 4.22. The number of hydrogen-bond acceptors (Lipinski definition) is 3. The van der Waals surface area contributed by atoms with Crippen molar-refractivity contribution in [2.45, 2.75) is 64.1 Å². The molecule has 0 radical (unpaired) electrons. The van der Waals surface area contributed by atoms with Crippen LogP contribution in [0.4, 0.5) is 0 Å². The van der Waals surface area contributed by atoms with Crippen LogP contribution in [-0.4, -0.2) is 43.0 Å². The lowest BCUT2D eigenvalue weighted by molar-refractivity contribution is -0.124. The lowest BCUT2D eigenvalue weighted by atomic mass is 9.89. The first-order valence-corrected chi connectivity index (χ1v) is 7.18. The number of rotatable bonds is 5. The van der Waals surface area contributed by atoms with Crippen molar-refractivity contribution in [3.05, 3.63) is 0 Å². The second kappa shape index (κ2) is 7.10. The van der Waals surface area contributed by atoms with Crippen molar-refractivity contribution in [3.8, 4) is 0 Å². The largest absolute Gasteiger partial charge is 0.352 e. The van der Waals surface area contributed by atoms with Gasteiger partial charge in [-0.15, -0.1) is 0 Å². The quantitative estimate of drug-likeness (QED) is 0.779. The third-order valence-electron chi connectivity index (χ3n) is 4.28. The molecule has 0 aromatic carbocycles. The fourth-order valence-electron chi connectivity index (χ4n) is 2.57. The molecule has 0 aromatic rings. The van der Waals surface area contributed by atoms with E-state index in [4.69, 9.17) is 5.73 Å². The highest BCUT2D eigenvalue weighted by Crippen LogP contribution is 2.21.